The van der Waals surface area contributed by atoms with Gasteiger partial charge < -0.3 is 23.3 Å². The van der Waals surface area contributed by atoms with Gasteiger partial charge in [-0.2, -0.15) is 13.0 Å². The normalized spacial score (nSPS) is 19.2. The number of fused-ring (bicyclic) bond motifs is 2. The Balaban J connectivity index is 0.00000465. The van der Waals surface area contributed by atoms with Gasteiger partial charge in [0.2, 0.25) is 5.69 Å². The fraction of sp³-hybridized carbons (Fsp3) is 0.432. The summed E-state index contributed by atoms with van der Waals surface area (Å²) < 4.78 is 145. The Labute approximate surface area is 395 Å². The number of anilines is 1. The van der Waals surface area contributed by atoms with Crippen molar-refractivity contribution in [2.24, 2.45) is 0 Å². The van der Waals surface area contributed by atoms with Crippen molar-refractivity contribution in [2.45, 2.75) is 80.4 Å². The second kappa shape index (κ2) is 19.6. The predicted molar refractivity (Wildman–Crippen MR) is 210 cm³/mol. The van der Waals surface area contributed by atoms with Crippen LogP contribution in [0.15, 0.2) is 92.6 Å². The first-order chi connectivity index (χ1) is 26.2. The number of nitrogens with zero attached hydrogens (tertiary/aromatic N) is 2. The molecule has 0 unspecified atom stereocenters. The molecule has 0 amide bonds. The summed E-state index contributed by atoms with van der Waals surface area (Å²) in [5.41, 5.74) is 2.78. The summed E-state index contributed by atoms with van der Waals surface area (Å²) in [7, 11) is -18.1. The topological polar surface area (TPSA) is 241 Å². The van der Waals surface area contributed by atoms with E-state index >= 15 is 0 Å². The number of rotatable bonds is 15. The van der Waals surface area contributed by atoms with Crippen LogP contribution in [-0.4, -0.2) is 93.4 Å². The molecule has 5 rings (SSSR count). The zero-order valence-corrected chi connectivity index (χ0v) is 41.6. The molecular weight excluding hydrogens is 890 g/mol. The molecule has 0 aromatic heterocycles. The van der Waals surface area contributed by atoms with Gasteiger partial charge in [-0.05, 0) is 86.7 Å². The maximum atomic E-state index is 11.9. The number of unbranched alkanes of at least 4 members (excludes halogenated alkanes) is 2. The molecule has 0 radical (unpaired) electrons. The first-order valence-electron chi connectivity index (χ1n) is 17.9. The van der Waals surface area contributed by atoms with Gasteiger partial charge in [0.1, 0.15) is 32.5 Å². The molecule has 0 fully saturated rings. The number of ether oxygens (including phenoxy) is 1. The van der Waals surface area contributed by atoms with Crippen molar-refractivity contribution in [3.05, 3.63) is 93.9 Å². The van der Waals surface area contributed by atoms with Crippen LogP contribution in [0.3, 0.4) is 0 Å². The fourth-order valence-corrected chi connectivity index (χ4v) is 9.81. The summed E-state index contributed by atoms with van der Waals surface area (Å²) in [6.07, 6.45) is 8.38. The van der Waals surface area contributed by atoms with Crippen LogP contribution in [0.5, 0.6) is 0 Å². The third-order valence-corrected chi connectivity index (χ3v) is 14.0. The summed E-state index contributed by atoms with van der Waals surface area (Å²) in [4.78, 5) is 1.13. The molecule has 1 N–H and O–H groups in total. The first-order valence-corrected chi connectivity index (χ1v) is 24.2. The van der Waals surface area contributed by atoms with Gasteiger partial charge in [0.05, 0.1) is 42.7 Å². The van der Waals surface area contributed by atoms with Gasteiger partial charge in [-0.1, -0.05) is 31.5 Å². The Morgan fingerprint density at radius 2 is 1.39 bits per heavy atom. The van der Waals surface area contributed by atoms with Crippen molar-refractivity contribution < 1.29 is 120 Å². The van der Waals surface area contributed by atoms with Crippen molar-refractivity contribution in [1.82, 2.24) is 0 Å². The van der Waals surface area contributed by atoms with E-state index in [0.717, 1.165) is 0 Å². The maximum Gasteiger partial charge on any atom is 1.00 e. The molecule has 0 bridgehead atoms. The van der Waals surface area contributed by atoms with E-state index < -0.39 is 67.7 Å². The van der Waals surface area contributed by atoms with Gasteiger partial charge in [-0.3, -0.25) is 4.55 Å². The molecule has 0 atom stereocenters. The van der Waals surface area contributed by atoms with Gasteiger partial charge in [0, 0.05) is 59.6 Å². The van der Waals surface area contributed by atoms with Gasteiger partial charge in [-0.15, -0.1) is 0 Å². The van der Waals surface area contributed by atoms with Gasteiger partial charge in [0.25, 0.3) is 10.1 Å². The maximum absolute atomic E-state index is 11.9. The molecule has 3 heterocycles. The Kier molecular flexibility index (Phi) is 17.2. The quantitative estimate of drug-likeness (QED) is 0.0967. The number of hydrogen-bond acceptors (Lipinski definition) is 13. The van der Waals surface area contributed by atoms with E-state index in [4.69, 9.17) is 16.3 Å². The van der Waals surface area contributed by atoms with E-state index in [2.05, 4.69) is 0 Å². The third-order valence-electron chi connectivity index (χ3n) is 10.3. The minimum absolute atomic E-state index is 0. The summed E-state index contributed by atoms with van der Waals surface area (Å²) in [6.45, 7) is 8.25. The zero-order chi connectivity index (χ0) is 42.4. The Morgan fingerprint density at radius 1 is 0.797 bits per heavy atom. The molecule has 3 aliphatic rings. The molecule has 2 aromatic carbocycles. The molecular formula is C37H43ClN2Na2O13S4. The van der Waals surface area contributed by atoms with Crippen LogP contribution in [0.4, 0.5) is 11.4 Å². The molecule has 0 spiro atoms. The zero-order valence-electron chi connectivity index (χ0n) is 33.6. The summed E-state index contributed by atoms with van der Waals surface area (Å²) in [6, 6.07) is 8.17. The van der Waals surface area contributed by atoms with Gasteiger partial charge >= 0.3 is 59.1 Å². The predicted octanol–water partition coefficient (Wildman–Crippen LogP) is -1.09. The second-order valence-electron chi connectivity index (χ2n) is 15.0. The van der Waals surface area contributed by atoms with Gasteiger partial charge in [-0.25, -0.2) is 25.3 Å². The minimum atomic E-state index is -4.77. The molecule has 22 heteroatoms. The number of hydrogen-bond donors (Lipinski definition) is 1. The smallest absolute Gasteiger partial charge is 0.748 e. The molecule has 0 saturated carbocycles. The van der Waals surface area contributed by atoms with Crippen LogP contribution in [-0.2, 0) is 56.0 Å². The van der Waals surface area contributed by atoms with Crippen LogP contribution in [0.1, 0.15) is 70.9 Å². The van der Waals surface area contributed by atoms with Crippen LogP contribution in [0.2, 0.25) is 0 Å². The standard InChI is InChI=1S/C37H45ClN2O13S4.2Na/c1-36(2)28-23-26(56(47,48)49)10-12-30(28)39(18-5-7-21-54(41,42)43)33(36)15-9-25-17-20-53-32(35(25)38)14-16-34-37(3,4)29-24-27(57(50,51)52)11-13-31(29)40(34)19-6-8-22-55(44,45)46;;/h9-16,23-24H,5-8,17-22H2,1-4H3,(H3-,41,42,43,44,45,46,47,48,49,50,51,52);;/q;2*+1/p-2. The molecule has 312 valence electrons. The molecule has 2 aromatic rings. The van der Waals surface area contributed by atoms with Crippen molar-refractivity contribution in [1.29, 1.82) is 0 Å². The summed E-state index contributed by atoms with van der Waals surface area (Å²) in [5.74, 6) is -0.664. The van der Waals surface area contributed by atoms with Crippen molar-refractivity contribution in [3.63, 3.8) is 0 Å². The molecule has 0 aliphatic carbocycles. The van der Waals surface area contributed by atoms with Crippen LogP contribution in [0, 0.1) is 0 Å². The molecule has 3 aliphatic heterocycles. The number of allylic oxidation sites excluding steroid dienone is 6. The van der Waals surface area contributed by atoms with E-state index in [9.17, 15) is 51.9 Å². The largest absolute Gasteiger partial charge is 1.00 e. The SMILES string of the molecule is CC1(C)C(/C=C/C2=C(Cl)C(=C/C=C3/N(CCCCS(=O)(=O)O)c4ccc(S(=O)(=O)[O-])cc4C3(C)C)/CCO2)=[N+](CCCCS(=O)(=O)[O-])c2ccc(S(=O)(=O)[O-])cc21.[Na+].[Na+]. The number of benzene rings is 2. The Morgan fingerprint density at radius 3 is 1.98 bits per heavy atom. The minimum Gasteiger partial charge on any atom is -0.748 e. The second-order valence-corrected chi connectivity index (χ2v) is 21.3. The fourth-order valence-electron chi connectivity index (χ4n) is 7.42. The van der Waals surface area contributed by atoms with Crippen molar-refractivity contribution in [3.8, 4) is 0 Å². The monoisotopic (exact) mass is 932 g/mol. The average Bonchev–Trinajstić information content (AvgIpc) is 3.43. The molecule has 0 saturated heterocycles. The van der Waals surface area contributed by atoms with E-state index in [-0.39, 0.29) is 95.0 Å². The third kappa shape index (κ3) is 12.4. The van der Waals surface area contributed by atoms with E-state index in [1.54, 1.807) is 18.2 Å². The average molecular weight is 933 g/mol. The Hall–Kier alpha value is -1.40. The van der Waals surface area contributed by atoms with Crippen LogP contribution < -0.4 is 64.0 Å². The summed E-state index contributed by atoms with van der Waals surface area (Å²) >= 11 is 6.94. The number of halogens is 1. The van der Waals surface area contributed by atoms with E-state index in [1.165, 1.54) is 30.3 Å². The van der Waals surface area contributed by atoms with Crippen LogP contribution in [0.25, 0.3) is 0 Å². The van der Waals surface area contributed by atoms with Gasteiger partial charge in [0.15, 0.2) is 5.71 Å². The molecule has 15 nitrogen and oxygen atoms in total. The Bertz CT molecular complexity index is 2580. The molecule has 59 heavy (non-hydrogen) atoms. The van der Waals surface area contributed by atoms with Crippen LogP contribution >= 0.6 is 11.6 Å². The van der Waals surface area contributed by atoms with Crippen molar-refractivity contribution in [2.75, 3.05) is 36.1 Å². The van der Waals surface area contributed by atoms with E-state index in [1.807, 2.05) is 49.3 Å². The summed E-state index contributed by atoms with van der Waals surface area (Å²) in [5, 5.41) is 0.281. The first kappa shape index (κ1) is 51.9. The van der Waals surface area contributed by atoms with E-state index in [0.29, 0.717) is 71.0 Å². The van der Waals surface area contributed by atoms with Crippen molar-refractivity contribution >= 4 is 69.2 Å².